The Morgan fingerprint density at radius 2 is 2.18 bits per heavy atom. The van der Waals surface area contributed by atoms with Crippen LogP contribution in [0.1, 0.15) is 41.1 Å². The first-order chi connectivity index (χ1) is 10.6. The fraction of sp³-hybridized carbons (Fsp3) is 0.500. The summed E-state index contributed by atoms with van der Waals surface area (Å²) in [5, 5.41) is 12.0. The van der Waals surface area contributed by atoms with Gasteiger partial charge in [0.25, 0.3) is 5.91 Å². The van der Waals surface area contributed by atoms with Crippen molar-refractivity contribution in [2.24, 2.45) is 0 Å². The Kier molecular flexibility index (Phi) is 3.74. The maximum atomic E-state index is 12.6. The number of rotatable bonds is 3. The zero-order chi connectivity index (χ0) is 15.7. The summed E-state index contributed by atoms with van der Waals surface area (Å²) in [5.74, 6) is 1.62. The van der Waals surface area contributed by atoms with E-state index >= 15 is 0 Å². The van der Waals surface area contributed by atoms with Crippen molar-refractivity contribution in [2.75, 3.05) is 25.5 Å². The third-order valence-electron chi connectivity index (χ3n) is 3.68. The highest BCUT2D eigenvalue weighted by atomic mass is 16.5. The largest absolute Gasteiger partial charge is 0.361 e. The van der Waals surface area contributed by atoms with Crippen molar-refractivity contribution in [3.05, 3.63) is 29.5 Å². The first-order valence-electron chi connectivity index (χ1n) is 7.18. The van der Waals surface area contributed by atoms with Crippen LogP contribution in [0.5, 0.6) is 0 Å². The minimum absolute atomic E-state index is 0.150. The third kappa shape index (κ3) is 2.63. The second-order valence-electron chi connectivity index (χ2n) is 5.50. The maximum absolute atomic E-state index is 12.6. The molecule has 116 valence electrons. The molecule has 8 heteroatoms. The van der Waals surface area contributed by atoms with E-state index in [2.05, 4.69) is 20.3 Å². The lowest BCUT2D eigenvalue weighted by Crippen LogP contribution is -2.32. The first kappa shape index (κ1) is 14.4. The smallest absolute Gasteiger partial charge is 0.274 e. The van der Waals surface area contributed by atoms with Crippen LogP contribution in [-0.2, 0) is 0 Å². The van der Waals surface area contributed by atoms with Crippen LogP contribution in [0.25, 0.3) is 0 Å². The second kappa shape index (κ2) is 5.70. The molecule has 0 aliphatic carbocycles. The molecule has 0 aromatic carbocycles. The van der Waals surface area contributed by atoms with Gasteiger partial charge < -0.3 is 14.3 Å². The summed E-state index contributed by atoms with van der Waals surface area (Å²) in [7, 11) is 3.75. The zero-order valence-corrected chi connectivity index (χ0v) is 12.9. The van der Waals surface area contributed by atoms with E-state index in [1.165, 1.54) is 0 Å². The Bertz CT molecular complexity index is 666. The molecular weight excluding hydrogens is 284 g/mol. The van der Waals surface area contributed by atoms with E-state index in [1.54, 1.807) is 24.0 Å². The average molecular weight is 302 g/mol. The highest BCUT2D eigenvalue weighted by Crippen LogP contribution is 2.31. The highest BCUT2D eigenvalue weighted by molar-refractivity contribution is 5.92. The molecule has 3 rings (SSSR count). The third-order valence-corrected chi connectivity index (χ3v) is 3.68. The summed E-state index contributed by atoms with van der Waals surface area (Å²) < 4.78 is 5.02. The number of hydrogen-bond donors (Lipinski definition) is 0. The lowest BCUT2D eigenvalue weighted by molar-refractivity contribution is 0.0721. The Balaban J connectivity index is 1.81. The molecule has 1 aliphatic heterocycles. The number of hydrogen-bond acceptors (Lipinski definition) is 7. The summed E-state index contributed by atoms with van der Waals surface area (Å²) in [4.78, 5) is 20.5. The molecule has 0 radical (unpaired) electrons. The number of carbonyl (C=O) groups is 1. The minimum atomic E-state index is -0.153. The van der Waals surface area contributed by atoms with Gasteiger partial charge in [-0.15, -0.1) is 10.2 Å². The van der Waals surface area contributed by atoms with Crippen molar-refractivity contribution < 1.29 is 9.32 Å². The van der Waals surface area contributed by atoms with Gasteiger partial charge in [0.05, 0.1) is 6.04 Å². The summed E-state index contributed by atoms with van der Waals surface area (Å²) in [6.07, 6.45) is 1.74. The van der Waals surface area contributed by atoms with Gasteiger partial charge in [-0.25, -0.2) is 0 Å². The van der Waals surface area contributed by atoms with Crippen molar-refractivity contribution >= 4 is 11.7 Å². The molecule has 1 fully saturated rings. The zero-order valence-electron chi connectivity index (χ0n) is 12.9. The highest BCUT2D eigenvalue weighted by Gasteiger charge is 2.34. The van der Waals surface area contributed by atoms with Gasteiger partial charge in [-0.1, -0.05) is 5.16 Å². The molecule has 1 saturated heterocycles. The molecule has 8 nitrogen and oxygen atoms in total. The van der Waals surface area contributed by atoms with Gasteiger partial charge in [0.15, 0.2) is 17.3 Å². The predicted molar refractivity (Wildman–Crippen MR) is 78.4 cm³/mol. The molecule has 0 spiro atoms. The molecule has 1 unspecified atom stereocenters. The van der Waals surface area contributed by atoms with Gasteiger partial charge in [0.2, 0.25) is 5.89 Å². The molecule has 1 aliphatic rings. The molecule has 1 atom stereocenters. The molecule has 2 aromatic rings. The van der Waals surface area contributed by atoms with Gasteiger partial charge in [-0.2, -0.15) is 4.98 Å². The van der Waals surface area contributed by atoms with E-state index in [-0.39, 0.29) is 11.9 Å². The fourth-order valence-electron chi connectivity index (χ4n) is 2.55. The van der Waals surface area contributed by atoms with Crippen LogP contribution in [-0.4, -0.2) is 51.8 Å². The Labute approximate surface area is 128 Å². The number of likely N-dealkylation sites (tertiary alicyclic amines) is 1. The molecule has 0 saturated carbocycles. The average Bonchev–Trinajstić information content (AvgIpc) is 3.15. The minimum Gasteiger partial charge on any atom is -0.361 e. The van der Waals surface area contributed by atoms with Crippen LogP contribution >= 0.6 is 0 Å². The van der Waals surface area contributed by atoms with E-state index in [1.807, 2.05) is 19.0 Å². The Hall–Kier alpha value is -2.51. The molecule has 2 aromatic heterocycles. The summed E-state index contributed by atoms with van der Waals surface area (Å²) in [6, 6.07) is 3.32. The van der Waals surface area contributed by atoms with Gasteiger partial charge in [-0.05, 0) is 25.0 Å². The summed E-state index contributed by atoms with van der Waals surface area (Å²) >= 11 is 0. The SMILES string of the molecule is Cc1nc(C2CCCN2C(=O)c2ccc(N(C)C)nn2)no1. The standard InChI is InChI=1S/C14H18N6O2/c1-9-15-13(18-22-9)11-5-4-8-20(11)14(21)10-6-7-12(17-16-10)19(2)3/h6-7,11H,4-5,8H2,1-3H3. The van der Waals surface area contributed by atoms with Gasteiger partial charge in [0, 0.05) is 27.6 Å². The second-order valence-corrected chi connectivity index (χ2v) is 5.50. The number of aryl methyl sites for hydroxylation is 1. The first-order valence-corrected chi connectivity index (χ1v) is 7.18. The molecule has 0 bridgehead atoms. The molecule has 22 heavy (non-hydrogen) atoms. The number of carbonyl (C=O) groups excluding carboxylic acids is 1. The van der Waals surface area contributed by atoms with Crippen LogP contribution < -0.4 is 4.90 Å². The quantitative estimate of drug-likeness (QED) is 0.842. The number of anilines is 1. The predicted octanol–water partition coefficient (Wildman–Crippen LogP) is 1.21. The molecule has 3 heterocycles. The lowest BCUT2D eigenvalue weighted by atomic mass is 10.2. The van der Waals surface area contributed by atoms with E-state index in [0.29, 0.717) is 29.8 Å². The fourth-order valence-corrected chi connectivity index (χ4v) is 2.55. The van der Waals surface area contributed by atoms with E-state index in [4.69, 9.17) is 4.52 Å². The summed E-state index contributed by atoms with van der Waals surface area (Å²) in [6.45, 7) is 2.40. The van der Waals surface area contributed by atoms with Crippen molar-refractivity contribution in [2.45, 2.75) is 25.8 Å². The van der Waals surface area contributed by atoms with Gasteiger partial charge in [0.1, 0.15) is 0 Å². The molecular formula is C14H18N6O2. The Morgan fingerprint density at radius 3 is 2.77 bits per heavy atom. The maximum Gasteiger partial charge on any atom is 0.274 e. The van der Waals surface area contributed by atoms with Crippen LogP contribution in [0.4, 0.5) is 5.82 Å². The monoisotopic (exact) mass is 302 g/mol. The van der Waals surface area contributed by atoms with Crippen LogP contribution in [0, 0.1) is 6.92 Å². The van der Waals surface area contributed by atoms with Crippen LogP contribution in [0.3, 0.4) is 0 Å². The van der Waals surface area contributed by atoms with Gasteiger partial charge >= 0.3 is 0 Å². The van der Waals surface area contributed by atoms with Crippen LogP contribution in [0.15, 0.2) is 16.7 Å². The number of nitrogens with zero attached hydrogens (tertiary/aromatic N) is 6. The van der Waals surface area contributed by atoms with Gasteiger partial charge in [-0.3, -0.25) is 4.79 Å². The number of amides is 1. The normalized spacial score (nSPS) is 17.8. The molecule has 1 amide bonds. The van der Waals surface area contributed by atoms with Crippen LogP contribution in [0.2, 0.25) is 0 Å². The van der Waals surface area contributed by atoms with Crippen molar-refractivity contribution in [1.29, 1.82) is 0 Å². The lowest BCUT2D eigenvalue weighted by Gasteiger charge is -2.21. The summed E-state index contributed by atoms with van der Waals surface area (Å²) in [5.41, 5.74) is 0.331. The topological polar surface area (TPSA) is 88.3 Å². The molecule has 0 N–H and O–H groups in total. The number of aromatic nitrogens is 4. The van der Waals surface area contributed by atoms with E-state index in [0.717, 1.165) is 12.8 Å². The Morgan fingerprint density at radius 1 is 1.36 bits per heavy atom. The van der Waals surface area contributed by atoms with E-state index < -0.39 is 0 Å². The van der Waals surface area contributed by atoms with E-state index in [9.17, 15) is 4.79 Å². The van der Waals surface area contributed by atoms with Crippen molar-refractivity contribution in [3.8, 4) is 0 Å². The van der Waals surface area contributed by atoms with Crippen molar-refractivity contribution in [1.82, 2.24) is 25.2 Å². The van der Waals surface area contributed by atoms with Crippen molar-refractivity contribution in [3.63, 3.8) is 0 Å².